The van der Waals surface area contributed by atoms with E-state index >= 15 is 0 Å². The van der Waals surface area contributed by atoms with Gasteiger partial charge in [0.1, 0.15) is 5.75 Å². The van der Waals surface area contributed by atoms with Crippen LogP contribution in [0.4, 0.5) is 5.69 Å². The molecular weight excluding hydrogens is 288 g/mol. The first-order valence-corrected chi connectivity index (χ1v) is 7.83. The molecule has 1 amide bonds. The lowest BCUT2D eigenvalue weighted by molar-refractivity contribution is 0.102. The number of nitrogens with zero attached hydrogens (tertiary/aromatic N) is 1. The molecule has 4 heteroatoms. The summed E-state index contributed by atoms with van der Waals surface area (Å²) in [5, 5.41) is 11.6. The predicted molar refractivity (Wildman–Crippen MR) is 88.4 cm³/mol. The van der Waals surface area contributed by atoms with Gasteiger partial charge in [-0.05, 0) is 62.1 Å². The molecule has 3 rings (SSSR count). The monoisotopic (exact) mass is 306 g/mol. The molecule has 1 N–H and O–H groups in total. The summed E-state index contributed by atoms with van der Waals surface area (Å²) in [7, 11) is 0. The minimum Gasteiger partial charge on any atom is -0.490 e. The van der Waals surface area contributed by atoms with Crippen molar-refractivity contribution in [2.75, 3.05) is 5.32 Å². The molecule has 1 saturated carbocycles. The van der Waals surface area contributed by atoms with Gasteiger partial charge in [0, 0.05) is 17.3 Å². The Balaban J connectivity index is 1.66. The SMILES string of the molecule is N#Cc1ccc(C(=O)Nc2cccc(OC3CCCC3)c2)cc1. The molecule has 1 fully saturated rings. The molecular formula is C19H18N2O2. The van der Waals surface area contributed by atoms with E-state index in [0.29, 0.717) is 22.9 Å². The van der Waals surface area contributed by atoms with Crippen molar-refractivity contribution in [2.24, 2.45) is 0 Å². The van der Waals surface area contributed by atoms with Crippen molar-refractivity contribution < 1.29 is 9.53 Å². The first kappa shape index (κ1) is 15.1. The van der Waals surface area contributed by atoms with E-state index in [4.69, 9.17) is 10.00 Å². The maximum absolute atomic E-state index is 12.2. The number of anilines is 1. The quantitative estimate of drug-likeness (QED) is 0.923. The van der Waals surface area contributed by atoms with Crippen LogP contribution in [-0.2, 0) is 0 Å². The van der Waals surface area contributed by atoms with Gasteiger partial charge < -0.3 is 10.1 Å². The highest BCUT2D eigenvalue weighted by Gasteiger charge is 2.16. The smallest absolute Gasteiger partial charge is 0.255 e. The Hall–Kier alpha value is -2.80. The summed E-state index contributed by atoms with van der Waals surface area (Å²) in [5.41, 5.74) is 1.76. The van der Waals surface area contributed by atoms with Crippen molar-refractivity contribution in [3.8, 4) is 11.8 Å². The number of hydrogen-bond donors (Lipinski definition) is 1. The number of nitriles is 1. The average molecular weight is 306 g/mol. The van der Waals surface area contributed by atoms with Gasteiger partial charge in [-0.25, -0.2) is 0 Å². The summed E-state index contributed by atoms with van der Waals surface area (Å²) in [4.78, 5) is 12.2. The van der Waals surface area contributed by atoms with Gasteiger partial charge in [-0.3, -0.25) is 4.79 Å². The highest BCUT2D eigenvalue weighted by Crippen LogP contribution is 2.26. The van der Waals surface area contributed by atoms with E-state index in [9.17, 15) is 4.79 Å². The lowest BCUT2D eigenvalue weighted by Crippen LogP contribution is -2.13. The van der Waals surface area contributed by atoms with Crippen molar-refractivity contribution in [1.29, 1.82) is 5.26 Å². The third-order valence-corrected chi connectivity index (χ3v) is 3.97. The average Bonchev–Trinajstić information content (AvgIpc) is 3.08. The maximum Gasteiger partial charge on any atom is 0.255 e. The number of amides is 1. The molecule has 2 aromatic carbocycles. The lowest BCUT2D eigenvalue weighted by Gasteiger charge is -2.14. The van der Waals surface area contributed by atoms with Crippen LogP contribution in [0.15, 0.2) is 48.5 Å². The fourth-order valence-electron chi connectivity index (χ4n) is 2.75. The van der Waals surface area contributed by atoms with Crippen LogP contribution in [0, 0.1) is 11.3 Å². The van der Waals surface area contributed by atoms with Gasteiger partial charge in [-0.2, -0.15) is 5.26 Å². The van der Waals surface area contributed by atoms with Crippen LogP contribution >= 0.6 is 0 Å². The van der Waals surface area contributed by atoms with Gasteiger partial charge in [0.25, 0.3) is 5.91 Å². The third-order valence-electron chi connectivity index (χ3n) is 3.97. The molecule has 116 valence electrons. The molecule has 0 aromatic heterocycles. The second kappa shape index (κ2) is 6.97. The normalized spacial score (nSPS) is 14.2. The fraction of sp³-hybridized carbons (Fsp3) is 0.263. The Labute approximate surface area is 135 Å². The van der Waals surface area contributed by atoms with Crippen LogP contribution in [-0.4, -0.2) is 12.0 Å². The van der Waals surface area contributed by atoms with Crippen molar-refractivity contribution in [3.05, 3.63) is 59.7 Å². The minimum atomic E-state index is -0.201. The molecule has 0 spiro atoms. The van der Waals surface area contributed by atoms with Crippen LogP contribution < -0.4 is 10.1 Å². The van der Waals surface area contributed by atoms with Crippen LogP contribution in [0.1, 0.15) is 41.6 Å². The van der Waals surface area contributed by atoms with Gasteiger partial charge in [0.05, 0.1) is 17.7 Å². The summed E-state index contributed by atoms with van der Waals surface area (Å²) >= 11 is 0. The van der Waals surface area contributed by atoms with Crippen LogP contribution in [0.25, 0.3) is 0 Å². The number of benzene rings is 2. The number of nitrogens with one attached hydrogen (secondary N) is 1. The zero-order valence-electron chi connectivity index (χ0n) is 12.8. The Morgan fingerprint density at radius 1 is 1.13 bits per heavy atom. The van der Waals surface area contributed by atoms with Gasteiger partial charge in [0.15, 0.2) is 0 Å². The molecule has 0 radical (unpaired) electrons. The Morgan fingerprint density at radius 2 is 1.87 bits per heavy atom. The van der Waals surface area contributed by atoms with E-state index in [1.807, 2.05) is 30.3 Å². The van der Waals surface area contributed by atoms with E-state index in [2.05, 4.69) is 5.32 Å². The summed E-state index contributed by atoms with van der Waals surface area (Å²) < 4.78 is 5.95. The first-order valence-electron chi connectivity index (χ1n) is 7.83. The number of carbonyl (C=O) groups is 1. The maximum atomic E-state index is 12.2. The lowest BCUT2D eigenvalue weighted by atomic mass is 10.1. The zero-order valence-corrected chi connectivity index (χ0v) is 12.8. The van der Waals surface area contributed by atoms with Gasteiger partial charge in [0.2, 0.25) is 0 Å². The molecule has 1 aliphatic carbocycles. The highest BCUT2D eigenvalue weighted by molar-refractivity contribution is 6.04. The van der Waals surface area contributed by atoms with Gasteiger partial charge in [-0.1, -0.05) is 6.07 Å². The molecule has 0 saturated heterocycles. The molecule has 4 nitrogen and oxygen atoms in total. The summed E-state index contributed by atoms with van der Waals surface area (Å²) in [6.07, 6.45) is 4.93. The van der Waals surface area contributed by atoms with E-state index < -0.39 is 0 Å². The highest BCUT2D eigenvalue weighted by atomic mass is 16.5. The van der Waals surface area contributed by atoms with Gasteiger partial charge >= 0.3 is 0 Å². The Morgan fingerprint density at radius 3 is 2.57 bits per heavy atom. The molecule has 0 heterocycles. The largest absolute Gasteiger partial charge is 0.490 e. The number of hydrogen-bond acceptors (Lipinski definition) is 3. The topological polar surface area (TPSA) is 62.1 Å². The van der Waals surface area contributed by atoms with E-state index in [-0.39, 0.29) is 5.91 Å². The molecule has 1 aliphatic rings. The van der Waals surface area contributed by atoms with Crippen LogP contribution in [0.3, 0.4) is 0 Å². The zero-order chi connectivity index (χ0) is 16.1. The third kappa shape index (κ3) is 3.89. The predicted octanol–water partition coefficient (Wildman–Crippen LogP) is 4.13. The fourth-order valence-corrected chi connectivity index (χ4v) is 2.75. The van der Waals surface area contributed by atoms with Crippen LogP contribution in [0.2, 0.25) is 0 Å². The molecule has 0 bridgehead atoms. The minimum absolute atomic E-state index is 0.201. The number of ether oxygens (including phenoxy) is 1. The molecule has 0 unspecified atom stereocenters. The van der Waals surface area contributed by atoms with Crippen molar-refractivity contribution in [1.82, 2.24) is 0 Å². The number of rotatable bonds is 4. The van der Waals surface area contributed by atoms with E-state index in [0.717, 1.165) is 18.6 Å². The molecule has 0 atom stereocenters. The molecule has 2 aromatic rings. The van der Waals surface area contributed by atoms with E-state index in [1.54, 1.807) is 24.3 Å². The Bertz CT molecular complexity index is 726. The first-order chi connectivity index (χ1) is 11.2. The van der Waals surface area contributed by atoms with E-state index in [1.165, 1.54) is 12.8 Å². The standard InChI is InChI=1S/C19H18N2O2/c20-13-14-8-10-15(11-9-14)19(22)21-16-4-3-7-18(12-16)23-17-5-1-2-6-17/h3-4,7-12,17H,1-2,5-6H2,(H,21,22). The summed E-state index contributed by atoms with van der Waals surface area (Å²) in [6.45, 7) is 0. The van der Waals surface area contributed by atoms with Crippen molar-refractivity contribution in [3.63, 3.8) is 0 Å². The summed E-state index contributed by atoms with van der Waals surface area (Å²) in [6, 6.07) is 16.1. The second-order valence-corrected chi connectivity index (χ2v) is 5.70. The number of carbonyl (C=O) groups excluding carboxylic acids is 1. The van der Waals surface area contributed by atoms with Crippen LogP contribution in [0.5, 0.6) is 5.75 Å². The molecule has 23 heavy (non-hydrogen) atoms. The van der Waals surface area contributed by atoms with Crippen molar-refractivity contribution in [2.45, 2.75) is 31.8 Å². The Kier molecular flexibility index (Phi) is 4.58. The van der Waals surface area contributed by atoms with Gasteiger partial charge in [-0.15, -0.1) is 0 Å². The molecule has 0 aliphatic heterocycles. The van der Waals surface area contributed by atoms with Crippen molar-refractivity contribution >= 4 is 11.6 Å². The summed E-state index contributed by atoms with van der Waals surface area (Å²) in [5.74, 6) is 0.585. The second-order valence-electron chi connectivity index (χ2n) is 5.70.